The third-order valence-electron chi connectivity index (χ3n) is 3.30. The summed E-state index contributed by atoms with van der Waals surface area (Å²) in [5.74, 6) is 0.369. The molecular weight excluding hydrogens is 198 g/mol. The summed E-state index contributed by atoms with van der Waals surface area (Å²) in [5.41, 5.74) is 1.65. The van der Waals surface area contributed by atoms with Gasteiger partial charge < -0.3 is 5.11 Å². The van der Waals surface area contributed by atoms with E-state index in [0.29, 0.717) is 11.2 Å². The maximum Gasteiger partial charge on any atom is 0.115 e. The van der Waals surface area contributed by atoms with Crippen molar-refractivity contribution < 1.29 is 5.11 Å². The summed E-state index contributed by atoms with van der Waals surface area (Å²) in [6.45, 7) is 7.96. The summed E-state index contributed by atoms with van der Waals surface area (Å²) in [6, 6.07) is 7.59. The lowest BCUT2D eigenvalue weighted by atomic mass is 9.84. The topological polar surface area (TPSA) is 23.5 Å². The van der Waals surface area contributed by atoms with Crippen molar-refractivity contribution in [1.82, 2.24) is 4.90 Å². The molecule has 2 heteroatoms. The zero-order valence-electron chi connectivity index (χ0n) is 10.2. The Labute approximate surface area is 97.9 Å². The van der Waals surface area contributed by atoms with Gasteiger partial charge in [0.1, 0.15) is 5.75 Å². The molecule has 1 aromatic rings. The molecule has 0 radical (unpaired) electrons. The first-order chi connectivity index (χ1) is 7.55. The summed E-state index contributed by atoms with van der Waals surface area (Å²) in [7, 11) is 0. The van der Waals surface area contributed by atoms with Gasteiger partial charge >= 0.3 is 0 Å². The van der Waals surface area contributed by atoms with Crippen LogP contribution in [0.2, 0.25) is 0 Å². The number of phenols is 1. The number of hydrogen-bond donors (Lipinski definition) is 1. The first-order valence-electron chi connectivity index (χ1n) is 6.05. The van der Waals surface area contributed by atoms with Crippen LogP contribution in [-0.4, -0.2) is 23.1 Å². The molecule has 0 amide bonds. The molecule has 1 saturated heterocycles. The highest BCUT2D eigenvalue weighted by molar-refractivity contribution is 5.27. The summed E-state index contributed by atoms with van der Waals surface area (Å²) >= 11 is 0. The second-order valence-electron chi connectivity index (χ2n) is 5.65. The minimum absolute atomic E-state index is 0.369. The van der Waals surface area contributed by atoms with Gasteiger partial charge in [0.05, 0.1) is 0 Å². The predicted octanol–water partition coefficient (Wildman–Crippen LogP) is 3.01. The Morgan fingerprint density at radius 2 is 2.19 bits per heavy atom. The van der Waals surface area contributed by atoms with E-state index in [0.717, 1.165) is 13.1 Å². The van der Waals surface area contributed by atoms with Crippen molar-refractivity contribution in [3.63, 3.8) is 0 Å². The lowest BCUT2D eigenvalue weighted by Gasteiger charge is -2.38. The maximum absolute atomic E-state index is 9.43. The number of benzene rings is 1. The zero-order chi connectivity index (χ0) is 11.6. The average molecular weight is 219 g/mol. The molecule has 0 aromatic heterocycles. The Kier molecular flexibility index (Phi) is 3.20. The highest BCUT2D eigenvalue weighted by Crippen LogP contribution is 2.29. The Balaban J connectivity index is 1.99. The first kappa shape index (κ1) is 11.5. The van der Waals surface area contributed by atoms with Crippen LogP contribution >= 0.6 is 0 Å². The maximum atomic E-state index is 9.43. The summed E-state index contributed by atoms with van der Waals surface area (Å²) in [5, 5.41) is 9.43. The number of rotatable bonds is 2. The van der Waals surface area contributed by atoms with E-state index in [9.17, 15) is 5.11 Å². The summed E-state index contributed by atoms with van der Waals surface area (Å²) < 4.78 is 0. The van der Waals surface area contributed by atoms with Gasteiger partial charge in [-0.15, -0.1) is 0 Å². The first-order valence-corrected chi connectivity index (χ1v) is 6.05. The molecule has 16 heavy (non-hydrogen) atoms. The third kappa shape index (κ3) is 2.99. The highest BCUT2D eigenvalue weighted by atomic mass is 16.3. The van der Waals surface area contributed by atoms with E-state index in [1.54, 1.807) is 6.07 Å². The summed E-state index contributed by atoms with van der Waals surface area (Å²) in [6.07, 6.45) is 2.61. The quantitative estimate of drug-likeness (QED) is 0.826. The lowest BCUT2D eigenvalue weighted by molar-refractivity contribution is 0.111. The van der Waals surface area contributed by atoms with Gasteiger partial charge in [-0.2, -0.15) is 0 Å². The van der Waals surface area contributed by atoms with E-state index >= 15 is 0 Å². The largest absolute Gasteiger partial charge is 0.508 e. The molecule has 0 spiro atoms. The second kappa shape index (κ2) is 4.46. The molecule has 0 unspecified atom stereocenters. The van der Waals surface area contributed by atoms with Crippen molar-refractivity contribution in [2.45, 2.75) is 33.2 Å². The van der Waals surface area contributed by atoms with Gasteiger partial charge in [0.2, 0.25) is 0 Å². The number of piperidine rings is 1. The standard InChI is InChI=1S/C14H21NO/c1-14(2)7-4-8-15(11-14)10-12-5-3-6-13(16)9-12/h3,5-6,9,16H,4,7-8,10-11H2,1-2H3. The van der Waals surface area contributed by atoms with Crippen LogP contribution in [0.25, 0.3) is 0 Å². The number of aromatic hydroxyl groups is 1. The third-order valence-corrected chi connectivity index (χ3v) is 3.30. The minimum Gasteiger partial charge on any atom is -0.508 e. The Hall–Kier alpha value is -1.02. The van der Waals surface area contributed by atoms with Gasteiger partial charge in [0.25, 0.3) is 0 Å². The van der Waals surface area contributed by atoms with E-state index in [-0.39, 0.29) is 0 Å². The molecule has 1 aliphatic rings. The molecule has 0 atom stereocenters. The molecular formula is C14H21NO. The smallest absolute Gasteiger partial charge is 0.115 e. The molecule has 1 aromatic carbocycles. The zero-order valence-corrected chi connectivity index (χ0v) is 10.2. The molecule has 1 N–H and O–H groups in total. The second-order valence-corrected chi connectivity index (χ2v) is 5.65. The summed E-state index contributed by atoms with van der Waals surface area (Å²) in [4.78, 5) is 2.48. The van der Waals surface area contributed by atoms with Gasteiger partial charge in [0, 0.05) is 13.1 Å². The van der Waals surface area contributed by atoms with Crippen LogP contribution in [0.4, 0.5) is 0 Å². The monoisotopic (exact) mass is 219 g/mol. The van der Waals surface area contributed by atoms with Crippen LogP contribution in [0.3, 0.4) is 0 Å². The Bertz CT molecular complexity index is 360. The van der Waals surface area contributed by atoms with Crippen LogP contribution in [0, 0.1) is 5.41 Å². The van der Waals surface area contributed by atoms with Crippen molar-refractivity contribution in [3.8, 4) is 5.75 Å². The number of likely N-dealkylation sites (tertiary alicyclic amines) is 1. The van der Waals surface area contributed by atoms with Crippen LogP contribution in [0.1, 0.15) is 32.3 Å². The Morgan fingerprint density at radius 3 is 2.88 bits per heavy atom. The Morgan fingerprint density at radius 1 is 1.38 bits per heavy atom. The molecule has 1 heterocycles. The molecule has 0 aliphatic carbocycles. The molecule has 0 bridgehead atoms. The van der Waals surface area contributed by atoms with Crippen molar-refractivity contribution in [2.75, 3.05) is 13.1 Å². The molecule has 2 rings (SSSR count). The van der Waals surface area contributed by atoms with E-state index in [2.05, 4.69) is 24.8 Å². The molecule has 0 saturated carbocycles. The van der Waals surface area contributed by atoms with Gasteiger partial charge in [-0.05, 0) is 42.5 Å². The lowest BCUT2D eigenvalue weighted by Crippen LogP contribution is -2.39. The minimum atomic E-state index is 0.369. The number of phenolic OH excluding ortho intramolecular Hbond substituents is 1. The highest BCUT2D eigenvalue weighted by Gasteiger charge is 2.25. The molecule has 2 nitrogen and oxygen atoms in total. The fraction of sp³-hybridized carbons (Fsp3) is 0.571. The van der Waals surface area contributed by atoms with Crippen molar-refractivity contribution in [1.29, 1.82) is 0 Å². The SMILES string of the molecule is CC1(C)CCCN(Cc2cccc(O)c2)C1. The number of hydrogen-bond acceptors (Lipinski definition) is 2. The van der Waals surface area contributed by atoms with Crippen LogP contribution < -0.4 is 0 Å². The molecule has 1 fully saturated rings. The van der Waals surface area contributed by atoms with E-state index in [4.69, 9.17) is 0 Å². The average Bonchev–Trinajstić information content (AvgIpc) is 2.15. The van der Waals surface area contributed by atoms with Crippen LogP contribution in [0.5, 0.6) is 5.75 Å². The van der Waals surface area contributed by atoms with E-state index < -0.39 is 0 Å². The van der Waals surface area contributed by atoms with Crippen molar-refractivity contribution in [3.05, 3.63) is 29.8 Å². The van der Waals surface area contributed by atoms with E-state index in [1.807, 2.05) is 12.1 Å². The van der Waals surface area contributed by atoms with Gasteiger partial charge in [0.15, 0.2) is 0 Å². The van der Waals surface area contributed by atoms with Gasteiger partial charge in [-0.25, -0.2) is 0 Å². The van der Waals surface area contributed by atoms with Gasteiger partial charge in [-0.1, -0.05) is 26.0 Å². The van der Waals surface area contributed by atoms with Crippen molar-refractivity contribution >= 4 is 0 Å². The molecule has 88 valence electrons. The van der Waals surface area contributed by atoms with Crippen LogP contribution in [0.15, 0.2) is 24.3 Å². The van der Waals surface area contributed by atoms with Crippen molar-refractivity contribution in [2.24, 2.45) is 5.41 Å². The van der Waals surface area contributed by atoms with Crippen LogP contribution in [-0.2, 0) is 6.54 Å². The fourth-order valence-corrected chi connectivity index (χ4v) is 2.59. The van der Waals surface area contributed by atoms with E-state index in [1.165, 1.54) is 24.9 Å². The number of nitrogens with zero attached hydrogens (tertiary/aromatic N) is 1. The predicted molar refractivity (Wildman–Crippen MR) is 66.4 cm³/mol. The van der Waals surface area contributed by atoms with Gasteiger partial charge in [-0.3, -0.25) is 4.90 Å². The molecule has 1 aliphatic heterocycles. The normalized spacial score (nSPS) is 20.9. The fourth-order valence-electron chi connectivity index (χ4n) is 2.59.